The van der Waals surface area contributed by atoms with E-state index in [1.807, 2.05) is 0 Å². The van der Waals surface area contributed by atoms with E-state index in [1.165, 1.54) is 25.7 Å². The Morgan fingerprint density at radius 2 is 1.95 bits per heavy atom. The first kappa shape index (κ1) is 15.3. The molecule has 1 saturated carbocycles. The molecule has 0 aromatic carbocycles. The van der Waals surface area contributed by atoms with Gasteiger partial charge in [-0.15, -0.1) is 0 Å². The Kier molecular flexibility index (Phi) is 5.27. The smallest absolute Gasteiger partial charge is 0.105 e. The average Bonchev–Trinajstić information content (AvgIpc) is 2.35. The van der Waals surface area contributed by atoms with Crippen molar-refractivity contribution >= 4 is 0 Å². The van der Waals surface area contributed by atoms with Crippen LogP contribution in [0, 0.1) is 11.3 Å². The Hall–Kier alpha value is -0.120. The van der Waals surface area contributed by atoms with Crippen LogP contribution in [0.25, 0.3) is 0 Å². The summed E-state index contributed by atoms with van der Waals surface area (Å²) in [4.78, 5) is 0. The Morgan fingerprint density at radius 3 is 2.47 bits per heavy atom. The van der Waals surface area contributed by atoms with Crippen LogP contribution >= 0.6 is 0 Å². The van der Waals surface area contributed by atoms with Gasteiger partial charge in [-0.25, -0.2) is 0 Å². The van der Waals surface area contributed by atoms with Crippen molar-refractivity contribution in [3.63, 3.8) is 0 Å². The van der Waals surface area contributed by atoms with Crippen LogP contribution in [-0.4, -0.2) is 38.0 Å². The van der Waals surface area contributed by atoms with E-state index < -0.39 is 0 Å². The summed E-state index contributed by atoms with van der Waals surface area (Å²) >= 11 is 0. The predicted molar refractivity (Wildman–Crippen MR) is 78.4 cm³/mol. The monoisotopic (exact) mass is 269 g/mol. The van der Waals surface area contributed by atoms with Gasteiger partial charge in [0.1, 0.15) is 6.10 Å². The predicted octanol–water partition coefficient (Wildman–Crippen LogP) is 2.98. The molecule has 3 heteroatoms. The molecular formula is C16H31NO2. The molecule has 2 rings (SSSR count). The van der Waals surface area contributed by atoms with Gasteiger partial charge in [-0.05, 0) is 37.1 Å². The van der Waals surface area contributed by atoms with Gasteiger partial charge >= 0.3 is 0 Å². The first-order valence-electron chi connectivity index (χ1n) is 8.03. The molecule has 0 bridgehead atoms. The third-order valence-corrected chi connectivity index (χ3v) is 5.25. The number of rotatable bonds is 6. The molecule has 0 radical (unpaired) electrons. The van der Waals surface area contributed by atoms with Crippen LogP contribution in [0.3, 0.4) is 0 Å². The summed E-state index contributed by atoms with van der Waals surface area (Å²) in [7, 11) is 0. The van der Waals surface area contributed by atoms with Gasteiger partial charge in [0, 0.05) is 6.04 Å². The molecule has 3 unspecified atom stereocenters. The largest absolute Gasteiger partial charge is 0.376 e. The van der Waals surface area contributed by atoms with Gasteiger partial charge in [0.05, 0.1) is 19.3 Å². The first-order chi connectivity index (χ1) is 9.06. The second-order valence-corrected chi connectivity index (χ2v) is 6.85. The molecule has 2 aliphatic rings. The van der Waals surface area contributed by atoms with Gasteiger partial charge in [0.15, 0.2) is 0 Å². The zero-order valence-electron chi connectivity index (χ0n) is 13.1. The second-order valence-electron chi connectivity index (χ2n) is 6.85. The van der Waals surface area contributed by atoms with E-state index in [1.54, 1.807) is 0 Å². The Balaban J connectivity index is 1.95. The van der Waals surface area contributed by atoms with Gasteiger partial charge in [-0.1, -0.05) is 34.1 Å². The van der Waals surface area contributed by atoms with Crippen molar-refractivity contribution in [1.82, 2.24) is 5.32 Å². The minimum absolute atomic E-state index is 0.342. The normalized spacial score (nSPS) is 33.2. The molecule has 1 N–H and O–H groups in total. The van der Waals surface area contributed by atoms with Crippen LogP contribution in [0.5, 0.6) is 0 Å². The molecule has 112 valence electrons. The van der Waals surface area contributed by atoms with E-state index >= 15 is 0 Å². The number of hydrogen-bond acceptors (Lipinski definition) is 3. The lowest BCUT2D eigenvalue weighted by Crippen LogP contribution is -2.51. The standard InChI is InChI=1S/C16H31NO2/c1-5-16(3,4)12-7-8-14(17-6-2)15(9-12)19-13-10-18-11-13/h12-15,17H,5-11H2,1-4H3. The Labute approximate surface area is 118 Å². The van der Waals surface area contributed by atoms with E-state index in [0.717, 1.165) is 25.7 Å². The molecule has 0 aromatic rings. The van der Waals surface area contributed by atoms with Crippen molar-refractivity contribution in [2.75, 3.05) is 19.8 Å². The molecular weight excluding hydrogens is 238 g/mol. The lowest BCUT2D eigenvalue weighted by molar-refractivity contribution is -0.172. The zero-order valence-corrected chi connectivity index (χ0v) is 13.1. The maximum Gasteiger partial charge on any atom is 0.105 e. The van der Waals surface area contributed by atoms with Gasteiger partial charge in [0.25, 0.3) is 0 Å². The van der Waals surface area contributed by atoms with Gasteiger partial charge < -0.3 is 14.8 Å². The second kappa shape index (κ2) is 6.55. The molecule has 3 nitrogen and oxygen atoms in total. The highest BCUT2D eigenvalue weighted by molar-refractivity contribution is 4.91. The van der Waals surface area contributed by atoms with Gasteiger partial charge in [0.2, 0.25) is 0 Å². The van der Waals surface area contributed by atoms with Crippen LogP contribution in [0.15, 0.2) is 0 Å². The van der Waals surface area contributed by atoms with Gasteiger partial charge in [-0.3, -0.25) is 0 Å². The summed E-state index contributed by atoms with van der Waals surface area (Å²) < 4.78 is 11.5. The summed E-state index contributed by atoms with van der Waals surface area (Å²) in [5.74, 6) is 0.790. The summed E-state index contributed by atoms with van der Waals surface area (Å²) in [5.41, 5.74) is 0.439. The van der Waals surface area contributed by atoms with E-state index in [4.69, 9.17) is 9.47 Å². The topological polar surface area (TPSA) is 30.5 Å². The molecule has 0 spiro atoms. The summed E-state index contributed by atoms with van der Waals surface area (Å²) in [6.45, 7) is 11.9. The van der Waals surface area contributed by atoms with E-state index in [-0.39, 0.29) is 0 Å². The fourth-order valence-corrected chi connectivity index (χ4v) is 3.31. The molecule has 0 amide bonds. The van der Waals surface area contributed by atoms with E-state index in [2.05, 4.69) is 33.0 Å². The van der Waals surface area contributed by atoms with Crippen molar-refractivity contribution in [2.45, 2.75) is 71.6 Å². The van der Waals surface area contributed by atoms with Crippen molar-refractivity contribution < 1.29 is 9.47 Å². The fraction of sp³-hybridized carbons (Fsp3) is 1.00. The van der Waals surface area contributed by atoms with Crippen molar-refractivity contribution in [1.29, 1.82) is 0 Å². The minimum Gasteiger partial charge on any atom is -0.376 e. The lowest BCUT2D eigenvalue weighted by Gasteiger charge is -2.45. The maximum atomic E-state index is 6.27. The lowest BCUT2D eigenvalue weighted by atomic mass is 9.68. The number of nitrogens with one attached hydrogen (secondary N) is 1. The maximum absolute atomic E-state index is 6.27. The highest BCUT2D eigenvalue weighted by Crippen LogP contribution is 2.41. The van der Waals surface area contributed by atoms with Crippen molar-refractivity contribution in [3.8, 4) is 0 Å². The Bertz CT molecular complexity index is 276. The van der Waals surface area contributed by atoms with Crippen LogP contribution in [-0.2, 0) is 9.47 Å². The minimum atomic E-state index is 0.342. The SMILES string of the molecule is CCNC1CCC(C(C)(C)CC)CC1OC1COC1. The first-order valence-corrected chi connectivity index (χ1v) is 8.03. The van der Waals surface area contributed by atoms with E-state index in [9.17, 15) is 0 Å². The molecule has 1 saturated heterocycles. The van der Waals surface area contributed by atoms with Crippen LogP contribution < -0.4 is 5.32 Å². The molecule has 1 aliphatic heterocycles. The van der Waals surface area contributed by atoms with Crippen LogP contribution in [0.1, 0.15) is 53.4 Å². The average molecular weight is 269 g/mol. The summed E-state index contributed by atoms with van der Waals surface area (Å²) in [6.07, 6.45) is 5.76. The highest BCUT2D eigenvalue weighted by atomic mass is 16.6. The molecule has 1 aliphatic carbocycles. The van der Waals surface area contributed by atoms with Crippen LogP contribution in [0.4, 0.5) is 0 Å². The summed E-state index contributed by atoms with van der Waals surface area (Å²) in [6, 6.07) is 0.537. The number of ether oxygens (including phenoxy) is 2. The molecule has 1 heterocycles. The number of likely N-dealkylation sites (N-methyl/N-ethyl adjacent to an activating group) is 1. The Morgan fingerprint density at radius 1 is 1.21 bits per heavy atom. The summed E-state index contributed by atoms with van der Waals surface area (Å²) in [5, 5.41) is 3.61. The van der Waals surface area contributed by atoms with Gasteiger partial charge in [-0.2, -0.15) is 0 Å². The molecule has 2 fully saturated rings. The van der Waals surface area contributed by atoms with E-state index in [0.29, 0.717) is 23.7 Å². The highest BCUT2D eigenvalue weighted by Gasteiger charge is 2.39. The molecule has 19 heavy (non-hydrogen) atoms. The third kappa shape index (κ3) is 3.71. The quantitative estimate of drug-likeness (QED) is 0.804. The molecule has 0 aromatic heterocycles. The zero-order chi connectivity index (χ0) is 13.9. The number of hydrogen-bond donors (Lipinski definition) is 1. The molecule has 3 atom stereocenters. The third-order valence-electron chi connectivity index (χ3n) is 5.25. The van der Waals surface area contributed by atoms with Crippen molar-refractivity contribution in [2.24, 2.45) is 11.3 Å². The van der Waals surface area contributed by atoms with Crippen molar-refractivity contribution in [3.05, 3.63) is 0 Å². The van der Waals surface area contributed by atoms with Crippen LogP contribution in [0.2, 0.25) is 0 Å². The fourth-order valence-electron chi connectivity index (χ4n) is 3.31.